The summed E-state index contributed by atoms with van der Waals surface area (Å²) < 4.78 is 1.92. The molecule has 0 aliphatic heterocycles. The summed E-state index contributed by atoms with van der Waals surface area (Å²) in [6.45, 7) is 2.80. The molecule has 0 saturated heterocycles. The van der Waals surface area contributed by atoms with Gasteiger partial charge in [-0.15, -0.1) is 0 Å². The van der Waals surface area contributed by atoms with Crippen molar-refractivity contribution in [3.63, 3.8) is 0 Å². The normalized spacial score (nSPS) is 10.2. The summed E-state index contributed by atoms with van der Waals surface area (Å²) in [5.41, 5.74) is 8.16. The maximum Gasteiger partial charge on any atom is 0.209 e. The number of nitrogen functional groups attached to an aromatic ring is 1. The van der Waals surface area contributed by atoms with Crippen LogP contribution in [0.15, 0.2) is 36.7 Å². The van der Waals surface area contributed by atoms with Crippen molar-refractivity contribution in [3.05, 3.63) is 48.0 Å². The molecule has 0 bridgehead atoms. The number of anilines is 1. The molecule has 0 amide bonds. The molecule has 2 aromatic heterocycles. The van der Waals surface area contributed by atoms with Crippen LogP contribution in [0.2, 0.25) is 0 Å². The SMILES string of the molecule is CCn1cnc2c(N)nc(C#Cc3ccccc3)nc21. The van der Waals surface area contributed by atoms with Gasteiger partial charge in [0.25, 0.3) is 0 Å². The fourth-order valence-electron chi connectivity index (χ4n) is 1.90. The van der Waals surface area contributed by atoms with Crippen LogP contribution in [0.3, 0.4) is 0 Å². The van der Waals surface area contributed by atoms with Gasteiger partial charge in [-0.2, -0.15) is 0 Å². The minimum Gasteiger partial charge on any atom is -0.382 e. The van der Waals surface area contributed by atoms with E-state index in [1.54, 1.807) is 6.33 Å². The molecule has 0 fully saturated rings. The Labute approximate surface area is 116 Å². The molecule has 0 atom stereocenters. The van der Waals surface area contributed by atoms with Gasteiger partial charge < -0.3 is 10.3 Å². The van der Waals surface area contributed by atoms with Crippen molar-refractivity contribution in [1.82, 2.24) is 19.5 Å². The fraction of sp³-hybridized carbons (Fsp3) is 0.133. The Morgan fingerprint density at radius 1 is 1.15 bits per heavy atom. The lowest BCUT2D eigenvalue weighted by Gasteiger charge is -1.99. The lowest BCUT2D eigenvalue weighted by atomic mass is 10.2. The first-order chi connectivity index (χ1) is 9.78. The van der Waals surface area contributed by atoms with Crippen molar-refractivity contribution >= 4 is 17.0 Å². The summed E-state index contributed by atoms with van der Waals surface area (Å²) in [7, 11) is 0. The summed E-state index contributed by atoms with van der Waals surface area (Å²) in [6, 6.07) is 9.70. The minimum atomic E-state index is 0.361. The van der Waals surface area contributed by atoms with Gasteiger partial charge in [0.2, 0.25) is 5.82 Å². The average molecular weight is 263 g/mol. The number of hydrogen-bond acceptors (Lipinski definition) is 4. The van der Waals surface area contributed by atoms with E-state index >= 15 is 0 Å². The van der Waals surface area contributed by atoms with Crippen molar-refractivity contribution in [2.24, 2.45) is 0 Å². The molecule has 0 unspecified atom stereocenters. The highest BCUT2D eigenvalue weighted by atomic mass is 15.1. The van der Waals surface area contributed by atoms with Gasteiger partial charge in [-0.1, -0.05) is 24.1 Å². The van der Waals surface area contributed by atoms with Crippen molar-refractivity contribution in [2.45, 2.75) is 13.5 Å². The fourth-order valence-corrected chi connectivity index (χ4v) is 1.90. The predicted octanol–water partition coefficient (Wildman–Crippen LogP) is 1.83. The second kappa shape index (κ2) is 5.02. The molecule has 0 spiro atoms. The van der Waals surface area contributed by atoms with Crippen LogP contribution in [0, 0.1) is 11.8 Å². The Morgan fingerprint density at radius 3 is 2.70 bits per heavy atom. The third-order valence-electron chi connectivity index (χ3n) is 2.92. The molecule has 2 N–H and O–H groups in total. The zero-order chi connectivity index (χ0) is 13.9. The maximum atomic E-state index is 5.90. The van der Waals surface area contributed by atoms with Crippen LogP contribution in [0.25, 0.3) is 11.2 Å². The van der Waals surface area contributed by atoms with Gasteiger partial charge in [0.1, 0.15) is 5.52 Å². The molecule has 0 radical (unpaired) electrons. The monoisotopic (exact) mass is 263 g/mol. The zero-order valence-corrected chi connectivity index (χ0v) is 11.0. The highest BCUT2D eigenvalue weighted by Crippen LogP contribution is 2.15. The number of nitrogens with zero attached hydrogens (tertiary/aromatic N) is 4. The zero-order valence-electron chi connectivity index (χ0n) is 11.0. The summed E-state index contributed by atoms with van der Waals surface area (Å²) in [5, 5.41) is 0. The molecule has 2 heterocycles. The summed E-state index contributed by atoms with van der Waals surface area (Å²) in [5.74, 6) is 6.74. The molecule has 5 heteroatoms. The Balaban J connectivity index is 2.07. The maximum absolute atomic E-state index is 5.90. The first-order valence-corrected chi connectivity index (χ1v) is 6.33. The van der Waals surface area contributed by atoms with E-state index in [0.717, 1.165) is 17.8 Å². The molecule has 20 heavy (non-hydrogen) atoms. The smallest absolute Gasteiger partial charge is 0.209 e. The Morgan fingerprint density at radius 2 is 1.95 bits per heavy atom. The molecule has 5 nitrogen and oxygen atoms in total. The third kappa shape index (κ3) is 2.19. The third-order valence-corrected chi connectivity index (χ3v) is 2.92. The number of aromatic nitrogens is 4. The van der Waals surface area contributed by atoms with Gasteiger partial charge in [0.15, 0.2) is 11.5 Å². The standard InChI is InChI=1S/C15H13N5/c1-2-20-10-17-13-14(16)18-12(19-15(13)20)9-8-11-6-4-3-5-7-11/h3-7,10H,2H2,1H3,(H2,16,18,19). The van der Waals surface area contributed by atoms with E-state index in [4.69, 9.17) is 5.73 Å². The van der Waals surface area contributed by atoms with Gasteiger partial charge >= 0.3 is 0 Å². The Hall–Kier alpha value is -2.87. The molecule has 1 aromatic carbocycles. The first-order valence-electron chi connectivity index (χ1n) is 6.33. The van der Waals surface area contributed by atoms with Crippen molar-refractivity contribution in [2.75, 3.05) is 5.73 Å². The van der Waals surface area contributed by atoms with Crippen LogP contribution < -0.4 is 5.73 Å². The van der Waals surface area contributed by atoms with Crippen LogP contribution >= 0.6 is 0 Å². The number of rotatable bonds is 1. The molecule has 0 saturated carbocycles. The number of benzene rings is 1. The minimum absolute atomic E-state index is 0.361. The van der Waals surface area contributed by atoms with Gasteiger partial charge in [-0.25, -0.2) is 15.0 Å². The first kappa shape index (κ1) is 12.2. The van der Waals surface area contributed by atoms with Gasteiger partial charge in [0, 0.05) is 12.1 Å². The van der Waals surface area contributed by atoms with E-state index in [1.807, 2.05) is 41.8 Å². The lowest BCUT2D eigenvalue weighted by Crippen LogP contribution is -2.01. The number of imidazole rings is 1. The molecular weight excluding hydrogens is 250 g/mol. The van der Waals surface area contributed by atoms with E-state index in [-0.39, 0.29) is 0 Å². The molecule has 0 aliphatic rings. The second-order valence-corrected chi connectivity index (χ2v) is 4.25. The quantitative estimate of drug-likeness (QED) is 0.680. The van der Waals surface area contributed by atoms with Crippen LogP contribution in [0.1, 0.15) is 18.3 Å². The number of aryl methyl sites for hydroxylation is 1. The molecule has 3 rings (SSSR count). The van der Waals surface area contributed by atoms with E-state index in [1.165, 1.54) is 0 Å². The van der Waals surface area contributed by atoms with Gasteiger partial charge in [-0.05, 0) is 25.0 Å². The Bertz CT molecular complexity index is 809. The topological polar surface area (TPSA) is 69.6 Å². The lowest BCUT2D eigenvalue weighted by molar-refractivity contribution is 0.776. The number of fused-ring (bicyclic) bond motifs is 1. The highest BCUT2D eigenvalue weighted by molar-refractivity contribution is 5.81. The molecule has 3 aromatic rings. The average Bonchev–Trinajstić information content (AvgIpc) is 2.90. The van der Waals surface area contributed by atoms with Crippen LogP contribution in [0.5, 0.6) is 0 Å². The number of nitrogens with two attached hydrogens (primary N) is 1. The largest absolute Gasteiger partial charge is 0.382 e. The van der Waals surface area contributed by atoms with E-state index in [2.05, 4.69) is 26.8 Å². The van der Waals surface area contributed by atoms with E-state index in [9.17, 15) is 0 Å². The van der Waals surface area contributed by atoms with Gasteiger partial charge in [-0.3, -0.25) is 0 Å². The van der Waals surface area contributed by atoms with E-state index < -0.39 is 0 Å². The van der Waals surface area contributed by atoms with Crippen molar-refractivity contribution < 1.29 is 0 Å². The van der Waals surface area contributed by atoms with Crippen LogP contribution in [-0.2, 0) is 6.54 Å². The summed E-state index contributed by atoms with van der Waals surface area (Å²) in [6.07, 6.45) is 1.71. The Kier molecular flexibility index (Phi) is 3.05. The summed E-state index contributed by atoms with van der Waals surface area (Å²) in [4.78, 5) is 12.8. The van der Waals surface area contributed by atoms with Crippen molar-refractivity contribution in [3.8, 4) is 11.8 Å². The molecule has 98 valence electrons. The highest BCUT2D eigenvalue weighted by Gasteiger charge is 2.09. The predicted molar refractivity (Wildman–Crippen MR) is 77.8 cm³/mol. The van der Waals surface area contributed by atoms with E-state index in [0.29, 0.717) is 17.2 Å². The van der Waals surface area contributed by atoms with Crippen LogP contribution in [-0.4, -0.2) is 19.5 Å². The summed E-state index contributed by atoms with van der Waals surface area (Å²) >= 11 is 0. The number of hydrogen-bond donors (Lipinski definition) is 1. The van der Waals surface area contributed by atoms with Crippen molar-refractivity contribution in [1.29, 1.82) is 0 Å². The molecular formula is C15H13N5. The molecule has 0 aliphatic carbocycles. The second-order valence-electron chi connectivity index (χ2n) is 4.25. The van der Waals surface area contributed by atoms with Crippen LogP contribution in [0.4, 0.5) is 5.82 Å². The van der Waals surface area contributed by atoms with Gasteiger partial charge in [0.05, 0.1) is 6.33 Å².